The molecule has 2 N–H and O–H groups in total. The number of ether oxygens (including phenoxy) is 2. The lowest BCUT2D eigenvalue weighted by molar-refractivity contribution is 0.235. The number of fused-ring (bicyclic) bond motifs is 1. The van der Waals surface area contributed by atoms with E-state index in [0.717, 1.165) is 43.5 Å². The van der Waals surface area contributed by atoms with E-state index in [1.807, 2.05) is 24.3 Å². The van der Waals surface area contributed by atoms with Gasteiger partial charge < -0.3 is 25.0 Å². The highest BCUT2D eigenvalue weighted by molar-refractivity contribution is 14.0. The van der Waals surface area contributed by atoms with Gasteiger partial charge in [-0.3, -0.25) is 4.99 Å². The normalized spacial score (nSPS) is 15.2. The number of aliphatic imine (C=N–C) groups is 1. The lowest BCUT2D eigenvalue weighted by Gasteiger charge is -2.16. The number of para-hydroxylation sites is 1. The molecule has 1 aliphatic heterocycles. The molecule has 0 bridgehead atoms. The molecule has 0 radical (unpaired) electrons. The Morgan fingerprint density at radius 2 is 1.90 bits per heavy atom. The molecule has 0 saturated heterocycles. The van der Waals surface area contributed by atoms with Gasteiger partial charge in [-0.15, -0.1) is 24.0 Å². The van der Waals surface area contributed by atoms with Crippen molar-refractivity contribution < 1.29 is 9.47 Å². The first-order chi connectivity index (χ1) is 14.1. The predicted octanol–water partition coefficient (Wildman–Crippen LogP) is 3.30. The number of benzene rings is 2. The first-order valence-corrected chi connectivity index (χ1v) is 10.2. The second-order valence-corrected chi connectivity index (χ2v) is 7.51. The summed E-state index contributed by atoms with van der Waals surface area (Å²) in [5.74, 6) is 2.67. The van der Waals surface area contributed by atoms with Gasteiger partial charge in [-0.05, 0) is 49.8 Å². The molecule has 3 rings (SSSR count). The van der Waals surface area contributed by atoms with E-state index in [1.165, 1.54) is 11.1 Å². The summed E-state index contributed by atoms with van der Waals surface area (Å²) in [6.45, 7) is 3.19. The number of nitrogens with one attached hydrogen (secondary N) is 2. The molecule has 6 nitrogen and oxygen atoms in total. The van der Waals surface area contributed by atoms with Gasteiger partial charge in [0.1, 0.15) is 17.6 Å². The van der Waals surface area contributed by atoms with E-state index >= 15 is 0 Å². The highest BCUT2D eigenvalue weighted by Crippen LogP contribution is 2.27. The van der Waals surface area contributed by atoms with E-state index in [4.69, 9.17) is 9.47 Å². The second-order valence-electron chi connectivity index (χ2n) is 7.51. The Kier molecular flexibility index (Phi) is 10.2. The Balaban J connectivity index is 0.00000320. The van der Waals surface area contributed by atoms with Gasteiger partial charge in [-0.25, -0.2) is 0 Å². The van der Waals surface area contributed by atoms with Gasteiger partial charge in [-0.2, -0.15) is 0 Å². The van der Waals surface area contributed by atoms with Gasteiger partial charge in [-0.1, -0.05) is 30.3 Å². The van der Waals surface area contributed by atoms with Crippen molar-refractivity contribution in [1.29, 1.82) is 0 Å². The third kappa shape index (κ3) is 7.68. The summed E-state index contributed by atoms with van der Waals surface area (Å²) >= 11 is 0. The third-order valence-electron chi connectivity index (χ3n) is 4.84. The summed E-state index contributed by atoms with van der Waals surface area (Å²) in [5.41, 5.74) is 2.45. The van der Waals surface area contributed by atoms with Crippen LogP contribution in [-0.2, 0) is 13.0 Å². The van der Waals surface area contributed by atoms with Crippen molar-refractivity contribution in [1.82, 2.24) is 15.5 Å². The second kappa shape index (κ2) is 12.6. The lowest BCUT2D eigenvalue weighted by Crippen LogP contribution is -2.41. The van der Waals surface area contributed by atoms with Crippen LogP contribution in [0.25, 0.3) is 0 Å². The SMILES string of the molecule is CN=C(NCc1ccc(OCCCN(C)C)cc1)NCC1Cc2ccccc2O1.I. The van der Waals surface area contributed by atoms with Crippen molar-refractivity contribution in [3.05, 3.63) is 59.7 Å². The Labute approximate surface area is 197 Å². The molecule has 0 fully saturated rings. The quantitative estimate of drug-likeness (QED) is 0.228. The topological polar surface area (TPSA) is 58.1 Å². The average molecular weight is 524 g/mol. The van der Waals surface area contributed by atoms with E-state index in [0.29, 0.717) is 13.1 Å². The fourth-order valence-electron chi connectivity index (χ4n) is 3.26. The van der Waals surface area contributed by atoms with E-state index in [9.17, 15) is 0 Å². The summed E-state index contributed by atoms with van der Waals surface area (Å²) < 4.78 is 11.8. The molecule has 7 heteroatoms. The monoisotopic (exact) mass is 524 g/mol. The van der Waals surface area contributed by atoms with Gasteiger partial charge in [0.15, 0.2) is 5.96 Å². The van der Waals surface area contributed by atoms with Crippen LogP contribution in [0, 0.1) is 0 Å². The maximum Gasteiger partial charge on any atom is 0.191 e. The summed E-state index contributed by atoms with van der Waals surface area (Å²) in [7, 11) is 5.93. The van der Waals surface area contributed by atoms with E-state index in [2.05, 4.69) is 58.9 Å². The van der Waals surface area contributed by atoms with Crippen LogP contribution in [0.2, 0.25) is 0 Å². The standard InChI is InChI=1S/C23H32N4O2.HI/c1-24-23(26-17-21-15-19-7-4-5-8-22(19)29-21)25-16-18-9-11-20(12-10-18)28-14-6-13-27(2)3;/h4-5,7-12,21H,6,13-17H2,1-3H3,(H2,24,25,26);1H. The fourth-order valence-corrected chi connectivity index (χ4v) is 3.26. The van der Waals surface area contributed by atoms with Gasteiger partial charge in [0, 0.05) is 26.6 Å². The number of hydrogen-bond acceptors (Lipinski definition) is 4. The molecule has 1 aliphatic rings. The first kappa shape index (κ1) is 24.3. The van der Waals surface area contributed by atoms with E-state index in [1.54, 1.807) is 7.05 Å². The van der Waals surface area contributed by atoms with Crippen LogP contribution in [-0.4, -0.2) is 57.8 Å². The summed E-state index contributed by atoms with van der Waals surface area (Å²) in [4.78, 5) is 6.47. The van der Waals surface area contributed by atoms with Gasteiger partial charge in [0.05, 0.1) is 13.2 Å². The number of hydrogen-bond donors (Lipinski definition) is 2. The predicted molar refractivity (Wildman–Crippen MR) is 133 cm³/mol. The molecule has 0 saturated carbocycles. The van der Waals surface area contributed by atoms with Crippen LogP contribution in [0.5, 0.6) is 11.5 Å². The first-order valence-electron chi connectivity index (χ1n) is 10.2. The highest BCUT2D eigenvalue weighted by Gasteiger charge is 2.22. The molecular weight excluding hydrogens is 491 g/mol. The molecule has 0 aliphatic carbocycles. The Morgan fingerprint density at radius 3 is 2.60 bits per heavy atom. The van der Waals surface area contributed by atoms with E-state index < -0.39 is 0 Å². The zero-order valence-electron chi connectivity index (χ0n) is 18.1. The summed E-state index contributed by atoms with van der Waals surface area (Å²) in [6.07, 6.45) is 2.08. The maximum absolute atomic E-state index is 5.97. The molecule has 0 aromatic heterocycles. The van der Waals surface area contributed by atoms with Crippen molar-refractivity contribution in [2.45, 2.75) is 25.5 Å². The van der Waals surface area contributed by atoms with Gasteiger partial charge in [0.2, 0.25) is 0 Å². The molecule has 1 unspecified atom stereocenters. The van der Waals surface area contributed by atoms with Crippen molar-refractivity contribution in [3.63, 3.8) is 0 Å². The smallest absolute Gasteiger partial charge is 0.191 e. The third-order valence-corrected chi connectivity index (χ3v) is 4.84. The van der Waals surface area contributed by atoms with Crippen molar-refractivity contribution >= 4 is 29.9 Å². The summed E-state index contributed by atoms with van der Waals surface area (Å²) in [6, 6.07) is 16.4. The minimum atomic E-state index is 0. The van der Waals surface area contributed by atoms with Crippen LogP contribution < -0.4 is 20.1 Å². The molecule has 2 aromatic carbocycles. The van der Waals surface area contributed by atoms with Crippen LogP contribution in [0.4, 0.5) is 0 Å². The average Bonchev–Trinajstić information content (AvgIpc) is 3.15. The van der Waals surface area contributed by atoms with Crippen molar-refractivity contribution in [2.75, 3.05) is 40.8 Å². The number of halogens is 1. The Hall–Kier alpha value is -2.00. The molecule has 164 valence electrons. The molecular formula is C23H33IN4O2. The molecule has 0 amide bonds. The Bertz CT molecular complexity index is 771. The van der Waals surface area contributed by atoms with Crippen molar-refractivity contribution in [2.24, 2.45) is 4.99 Å². The summed E-state index contributed by atoms with van der Waals surface area (Å²) in [5, 5.41) is 6.71. The molecule has 30 heavy (non-hydrogen) atoms. The molecule has 1 atom stereocenters. The number of nitrogens with zero attached hydrogens (tertiary/aromatic N) is 2. The van der Waals surface area contributed by atoms with Crippen molar-refractivity contribution in [3.8, 4) is 11.5 Å². The maximum atomic E-state index is 5.97. The lowest BCUT2D eigenvalue weighted by atomic mass is 10.1. The fraction of sp³-hybridized carbons (Fsp3) is 0.435. The highest BCUT2D eigenvalue weighted by atomic mass is 127. The molecule has 0 spiro atoms. The Morgan fingerprint density at radius 1 is 1.13 bits per heavy atom. The minimum Gasteiger partial charge on any atom is -0.494 e. The van der Waals surface area contributed by atoms with E-state index in [-0.39, 0.29) is 30.1 Å². The number of rotatable bonds is 9. The van der Waals surface area contributed by atoms with Crippen LogP contribution in [0.3, 0.4) is 0 Å². The van der Waals surface area contributed by atoms with Crippen LogP contribution in [0.15, 0.2) is 53.5 Å². The minimum absolute atomic E-state index is 0. The van der Waals surface area contributed by atoms with Gasteiger partial charge in [0.25, 0.3) is 0 Å². The zero-order valence-corrected chi connectivity index (χ0v) is 20.4. The molecule has 2 aromatic rings. The zero-order chi connectivity index (χ0) is 20.5. The van der Waals surface area contributed by atoms with Crippen LogP contribution >= 0.6 is 24.0 Å². The van der Waals surface area contributed by atoms with Crippen LogP contribution in [0.1, 0.15) is 17.5 Å². The van der Waals surface area contributed by atoms with Gasteiger partial charge >= 0.3 is 0 Å². The largest absolute Gasteiger partial charge is 0.494 e. The number of guanidine groups is 1. The molecule has 1 heterocycles.